The molecule has 0 N–H and O–H groups in total. The highest BCUT2D eigenvalue weighted by atomic mass is 79.9. The van der Waals surface area contributed by atoms with Gasteiger partial charge in [-0.2, -0.15) is 0 Å². The molecule has 0 amide bonds. The van der Waals surface area contributed by atoms with Gasteiger partial charge in [-0.3, -0.25) is 9.78 Å². The van der Waals surface area contributed by atoms with E-state index in [2.05, 4.69) is 37.7 Å². The van der Waals surface area contributed by atoms with Crippen molar-refractivity contribution < 1.29 is 4.79 Å². The lowest BCUT2D eigenvalue weighted by molar-refractivity contribution is 0.0982. The summed E-state index contributed by atoms with van der Waals surface area (Å²) in [5.41, 5.74) is 3.25. The van der Waals surface area contributed by atoms with E-state index in [0.29, 0.717) is 12.2 Å². The molecule has 1 aliphatic carbocycles. The second kappa shape index (κ2) is 5.29. The number of carbonyl (C=O) groups excluding carboxylic acids is 1. The van der Waals surface area contributed by atoms with Gasteiger partial charge in [0.2, 0.25) is 0 Å². The first kappa shape index (κ1) is 12.6. The van der Waals surface area contributed by atoms with E-state index < -0.39 is 0 Å². The Balaban J connectivity index is 1.87. The van der Waals surface area contributed by atoms with Gasteiger partial charge in [0.1, 0.15) is 0 Å². The van der Waals surface area contributed by atoms with Crippen molar-refractivity contribution in [3.05, 3.63) is 52.0 Å². The number of aromatic nitrogens is 2. The number of aryl methyl sites for hydroxylation is 1. The Kier molecular flexibility index (Phi) is 3.51. The van der Waals surface area contributed by atoms with Crippen LogP contribution in [-0.4, -0.2) is 15.3 Å². The Morgan fingerprint density at radius 3 is 2.89 bits per heavy atom. The minimum absolute atomic E-state index is 0.290. The summed E-state index contributed by atoms with van der Waals surface area (Å²) in [7, 11) is 0. The van der Waals surface area contributed by atoms with E-state index in [1.165, 1.54) is 5.56 Å². The van der Waals surface area contributed by atoms with Gasteiger partial charge in [0.15, 0.2) is 5.78 Å². The molecule has 0 bridgehead atoms. The summed E-state index contributed by atoms with van der Waals surface area (Å²) < 4.78 is 3.08. The van der Waals surface area contributed by atoms with Gasteiger partial charge in [-0.15, -0.1) is 0 Å². The summed E-state index contributed by atoms with van der Waals surface area (Å²) in [5, 5.41) is 0. The van der Waals surface area contributed by atoms with Gasteiger partial charge in [-0.1, -0.05) is 0 Å². The molecule has 3 nitrogen and oxygen atoms in total. The second-order valence-electron chi connectivity index (χ2n) is 5.01. The van der Waals surface area contributed by atoms with Crippen LogP contribution in [0.25, 0.3) is 0 Å². The van der Waals surface area contributed by atoms with Crippen molar-refractivity contribution in [2.75, 3.05) is 0 Å². The second-order valence-corrected chi connectivity index (χ2v) is 5.93. The Hall–Kier alpha value is -1.42. The van der Waals surface area contributed by atoms with E-state index in [1.54, 1.807) is 6.20 Å². The van der Waals surface area contributed by atoms with Crippen molar-refractivity contribution in [3.8, 4) is 0 Å². The molecular weight excluding hydrogens is 304 g/mol. The number of nitrogens with zero attached hydrogens (tertiary/aromatic N) is 2. The van der Waals surface area contributed by atoms with Crippen molar-refractivity contribution in [3.63, 3.8) is 0 Å². The maximum atomic E-state index is 12.0. The predicted octanol–water partition coefficient (Wildman–Crippen LogP) is 3.60. The molecule has 4 heteroatoms. The lowest BCUT2D eigenvalue weighted by atomic mass is 10.1. The molecule has 0 radical (unpaired) electrons. The van der Waals surface area contributed by atoms with E-state index in [0.717, 1.165) is 41.4 Å². The number of fused-ring (bicyclic) bond motifs is 1. The zero-order valence-corrected chi connectivity index (χ0v) is 12.2. The van der Waals surface area contributed by atoms with Crippen LogP contribution >= 0.6 is 15.9 Å². The SMILES string of the molecule is O=C1CCCCc2cn(Cc3cncc(Br)c3)cc21. The van der Waals surface area contributed by atoms with Crippen molar-refractivity contribution in [1.82, 2.24) is 9.55 Å². The van der Waals surface area contributed by atoms with Crippen LogP contribution < -0.4 is 0 Å². The van der Waals surface area contributed by atoms with Gasteiger partial charge >= 0.3 is 0 Å². The van der Waals surface area contributed by atoms with Crippen LogP contribution in [0.4, 0.5) is 0 Å². The van der Waals surface area contributed by atoms with E-state index in [4.69, 9.17) is 0 Å². The van der Waals surface area contributed by atoms with Crippen molar-refractivity contribution in [2.45, 2.75) is 32.2 Å². The average molecular weight is 319 g/mol. The fourth-order valence-corrected chi connectivity index (χ4v) is 3.00. The van der Waals surface area contributed by atoms with Crippen LogP contribution in [-0.2, 0) is 13.0 Å². The average Bonchev–Trinajstić information content (AvgIpc) is 2.70. The summed E-state index contributed by atoms with van der Waals surface area (Å²) in [6, 6.07) is 2.06. The summed E-state index contributed by atoms with van der Waals surface area (Å²) >= 11 is 3.43. The Labute approximate surface area is 120 Å². The third-order valence-corrected chi connectivity index (χ3v) is 3.92. The van der Waals surface area contributed by atoms with Crippen molar-refractivity contribution in [1.29, 1.82) is 0 Å². The number of halogens is 1. The van der Waals surface area contributed by atoms with Gasteiger partial charge in [-0.05, 0) is 52.4 Å². The number of Topliss-reactive ketones (excluding diaryl/α,β-unsaturated/α-hetero) is 1. The van der Waals surface area contributed by atoms with E-state index in [1.807, 2.05) is 12.4 Å². The van der Waals surface area contributed by atoms with E-state index in [-0.39, 0.29) is 0 Å². The third-order valence-electron chi connectivity index (χ3n) is 3.49. The minimum atomic E-state index is 0.290. The maximum Gasteiger partial charge on any atom is 0.164 e. The lowest BCUT2D eigenvalue weighted by Crippen LogP contribution is -1.99. The van der Waals surface area contributed by atoms with Gasteiger partial charge in [0, 0.05) is 47.8 Å². The fourth-order valence-electron chi connectivity index (χ4n) is 2.59. The summed E-state index contributed by atoms with van der Waals surface area (Å²) in [6.07, 6.45) is 11.6. The largest absolute Gasteiger partial charge is 0.349 e. The predicted molar refractivity (Wildman–Crippen MR) is 77.4 cm³/mol. The highest BCUT2D eigenvalue weighted by molar-refractivity contribution is 9.10. The van der Waals surface area contributed by atoms with Gasteiger partial charge in [-0.25, -0.2) is 0 Å². The third kappa shape index (κ3) is 2.78. The summed E-state index contributed by atoms with van der Waals surface area (Å²) in [5.74, 6) is 0.290. The monoisotopic (exact) mass is 318 g/mol. The number of pyridine rings is 1. The molecule has 2 heterocycles. The van der Waals surface area contributed by atoms with Gasteiger partial charge in [0.05, 0.1) is 0 Å². The van der Waals surface area contributed by atoms with Gasteiger partial charge < -0.3 is 4.57 Å². The van der Waals surface area contributed by atoms with Crippen molar-refractivity contribution in [2.24, 2.45) is 0 Å². The van der Waals surface area contributed by atoms with Gasteiger partial charge in [0.25, 0.3) is 0 Å². The molecule has 0 spiro atoms. The van der Waals surface area contributed by atoms with Crippen LogP contribution in [0, 0.1) is 0 Å². The Morgan fingerprint density at radius 1 is 1.21 bits per heavy atom. The summed E-state index contributed by atoms with van der Waals surface area (Å²) in [4.78, 5) is 16.2. The molecule has 0 saturated carbocycles. The van der Waals surface area contributed by atoms with Crippen LogP contribution in [0.3, 0.4) is 0 Å². The molecule has 19 heavy (non-hydrogen) atoms. The van der Waals surface area contributed by atoms with E-state index in [9.17, 15) is 4.79 Å². The highest BCUT2D eigenvalue weighted by Gasteiger charge is 2.17. The number of hydrogen-bond donors (Lipinski definition) is 0. The molecule has 0 aliphatic heterocycles. The molecule has 0 saturated heterocycles. The van der Waals surface area contributed by atoms with E-state index >= 15 is 0 Å². The molecule has 1 aliphatic rings. The zero-order chi connectivity index (χ0) is 13.2. The summed E-state index contributed by atoms with van der Waals surface area (Å²) in [6.45, 7) is 0.757. The Morgan fingerprint density at radius 2 is 2.05 bits per heavy atom. The van der Waals surface area contributed by atoms with Crippen LogP contribution in [0.1, 0.15) is 40.7 Å². The first-order chi connectivity index (χ1) is 9.22. The molecular formula is C15H15BrN2O. The fraction of sp³-hybridized carbons (Fsp3) is 0.333. The molecule has 0 fully saturated rings. The zero-order valence-electron chi connectivity index (χ0n) is 10.6. The van der Waals surface area contributed by atoms with Crippen LogP contribution in [0.2, 0.25) is 0 Å². The highest BCUT2D eigenvalue weighted by Crippen LogP contribution is 2.22. The van der Waals surface area contributed by atoms with Crippen LogP contribution in [0.15, 0.2) is 35.3 Å². The minimum Gasteiger partial charge on any atom is -0.349 e. The lowest BCUT2D eigenvalue weighted by Gasteiger charge is -2.03. The number of hydrogen-bond acceptors (Lipinski definition) is 2. The first-order valence-corrected chi connectivity index (χ1v) is 7.33. The number of rotatable bonds is 2. The first-order valence-electron chi connectivity index (χ1n) is 6.53. The number of ketones is 1. The molecule has 3 rings (SSSR count). The molecule has 98 valence electrons. The molecule has 0 atom stereocenters. The molecule has 2 aromatic heterocycles. The maximum absolute atomic E-state index is 12.0. The topological polar surface area (TPSA) is 34.9 Å². The standard InChI is InChI=1S/C15H15BrN2O/c16-13-5-11(6-17-7-13)8-18-9-12-3-1-2-4-15(19)14(12)10-18/h5-7,9-10H,1-4,8H2. The smallest absolute Gasteiger partial charge is 0.164 e. The quantitative estimate of drug-likeness (QED) is 0.793. The van der Waals surface area contributed by atoms with Crippen molar-refractivity contribution >= 4 is 21.7 Å². The normalized spacial score (nSPS) is 15.1. The Bertz CT molecular complexity index is 618. The molecule has 2 aromatic rings. The molecule has 0 aromatic carbocycles. The van der Waals surface area contributed by atoms with Crippen LogP contribution in [0.5, 0.6) is 0 Å². The number of carbonyl (C=O) groups is 1. The molecule has 0 unspecified atom stereocenters.